The zero-order valence-electron chi connectivity index (χ0n) is 10.7. The van der Waals surface area contributed by atoms with E-state index in [1.165, 1.54) is 0 Å². The monoisotopic (exact) mass is 257 g/mol. The third-order valence-corrected chi connectivity index (χ3v) is 2.99. The average molecular weight is 257 g/mol. The first-order valence-electron chi connectivity index (χ1n) is 6.13. The van der Waals surface area contributed by atoms with Crippen LogP contribution in [0, 0.1) is 0 Å². The molecule has 0 saturated heterocycles. The van der Waals surface area contributed by atoms with Crippen LogP contribution in [0.15, 0.2) is 42.5 Å². The van der Waals surface area contributed by atoms with Crippen molar-refractivity contribution in [3.8, 4) is 0 Å². The molecule has 0 fully saturated rings. The summed E-state index contributed by atoms with van der Waals surface area (Å²) in [5.74, 6) is -0.981. The Balaban J connectivity index is 2.38. The number of carbonyl (C=O) groups is 2. The molecule has 0 aliphatic heterocycles. The molecule has 2 rings (SSSR count). The van der Waals surface area contributed by atoms with Crippen LogP contribution in [0.2, 0.25) is 0 Å². The zero-order chi connectivity index (χ0) is 13.8. The molecule has 1 aromatic carbocycles. The molecule has 0 radical (unpaired) electrons. The summed E-state index contributed by atoms with van der Waals surface area (Å²) in [6.45, 7) is 2.47. The largest absolute Gasteiger partial charge is 0.481 e. The Kier molecular flexibility index (Phi) is 3.80. The van der Waals surface area contributed by atoms with Gasteiger partial charge in [-0.2, -0.15) is 0 Å². The summed E-state index contributed by atoms with van der Waals surface area (Å²) in [7, 11) is 0. The summed E-state index contributed by atoms with van der Waals surface area (Å²) in [5.41, 5.74) is 1.79. The fraction of sp³-hybridized carbons (Fsp3) is 0.200. The first-order chi connectivity index (χ1) is 9.13. The molecule has 0 aliphatic rings. The van der Waals surface area contributed by atoms with Crippen molar-refractivity contribution in [1.82, 2.24) is 4.57 Å². The van der Waals surface area contributed by atoms with Crippen LogP contribution in [-0.2, 0) is 17.8 Å². The Morgan fingerprint density at radius 3 is 2.37 bits per heavy atom. The molecule has 0 spiro atoms. The number of aromatic nitrogens is 1. The molecule has 0 atom stereocenters. The average Bonchev–Trinajstić information content (AvgIpc) is 2.80. The van der Waals surface area contributed by atoms with Crippen LogP contribution in [0.4, 0.5) is 0 Å². The van der Waals surface area contributed by atoms with Crippen molar-refractivity contribution < 1.29 is 14.7 Å². The molecule has 2 aromatic rings. The molecule has 0 aliphatic carbocycles. The molecule has 0 unspecified atom stereocenters. The summed E-state index contributed by atoms with van der Waals surface area (Å²) in [4.78, 5) is 23.1. The van der Waals surface area contributed by atoms with Crippen molar-refractivity contribution in [2.24, 2.45) is 0 Å². The molecule has 0 amide bonds. The summed E-state index contributed by atoms with van der Waals surface area (Å²) in [5, 5.41) is 8.85. The Labute approximate surface area is 111 Å². The van der Waals surface area contributed by atoms with Gasteiger partial charge in [-0.25, -0.2) is 0 Å². The van der Waals surface area contributed by atoms with E-state index in [1.807, 2.05) is 25.1 Å². The van der Waals surface area contributed by atoms with E-state index in [9.17, 15) is 9.59 Å². The second kappa shape index (κ2) is 5.52. The second-order valence-electron chi connectivity index (χ2n) is 4.22. The highest BCUT2D eigenvalue weighted by Crippen LogP contribution is 2.15. The van der Waals surface area contributed by atoms with E-state index in [-0.39, 0.29) is 12.2 Å². The van der Waals surface area contributed by atoms with E-state index in [0.717, 1.165) is 0 Å². The quantitative estimate of drug-likeness (QED) is 0.836. The Bertz CT molecular complexity index is 599. The maximum atomic E-state index is 12.4. The Morgan fingerprint density at radius 1 is 1.11 bits per heavy atom. The fourth-order valence-corrected chi connectivity index (χ4v) is 2.13. The molecular formula is C15H15NO3. The topological polar surface area (TPSA) is 59.3 Å². The van der Waals surface area contributed by atoms with Crippen LogP contribution in [0.3, 0.4) is 0 Å². The van der Waals surface area contributed by atoms with E-state index in [4.69, 9.17) is 5.11 Å². The number of carbonyl (C=O) groups excluding carboxylic acids is 1. The summed E-state index contributed by atoms with van der Waals surface area (Å²) < 4.78 is 1.75. The third-order valence-electron chi connectivity index (χ3n) is 2.99. The van der Waals surface area contributed by atoms with E-state index in [2.05, 4.69) is 0 Å². The summed E-state index contributed by atoms with van der Waals surface area (Å²) >= 11 is 0. The van der Waals surface area contributed by atoms with Gasteiger partial charge < -0.3 is 9.67 Å². The minimum atomic E-state index is -0.897. The lowest BCUT2D eigenvalue weighted by Crippen LogP contribution is -2.13. The summed E-state index contributed by atoms with van der Waals surface area (Å²) in [6.07, 6.45) is -0.0735. The molecule has 4 nitrogen and oxygen atoms in total. The van der Waals surface area contributed by atoms with Crippen LogP contribution in [-0.4, -0.2) is 21.4 Å². The molecule has 0 saturated carbocycles. The smallest absolute Gasteiger partial charge is 0.309 e. The predicted molar refractivity (Wildman–Crippen MR) is 71.3 cm³/mol. The van der Waals surface area contributed by atoms with E-state index in [0.29, 0.717) is 23.5 Å². The van der Waals surface area contributed by atoms with Crippen molar-refractivity contribution in [3.05, 3.63) is 59.4 Å². The van der Waals surface area contributed by atoms with Gasteiger partial charge in [0.1, 0.15) is 0 Å². The van der Waals surface area contributed by atoms with Crippen LogP contribution < -0.4 is 0 Å². The number of hydrogen-bond donors (Lipinski definition) is 1. The number of rotatable bonds is 5. The van der Waals surface area contributed by atoms with Crippen LogP contribution in [0.5, 0.6) is 0 Å². The van der Waals surface area contributed by atoms with Gasteiger partial charge in [-0.15, -0.1) is 0 Å². The van der Waals surface area contributed by atoms with Gasteiger partial charge in [0.25, 0.3) is 0 Å². The number of ketones is 1. The van der Waals surface area contributed by atoms with Crippen molar-refractivity contribution >= 4 is 11.8 Å². The van der Waals surface area contributed by atoms with Gasteiger partial charge in [-0.1, -0.05) is 30.3 Å². The molecule has 1 heterocycles. The van der Waals surface area contributed by atoms with Gasteiger partial charge in [0, 0.05) is 17.8 Å². The Morgan fingerprint density at radius 2 is 1.79 bits per heavy atom. The van der Waals surface area contributed by atoms with Gasteiger partial charge in [0.05, 0.1) is 12.1 Å². The van der Waals surface area contributed by atoms with Crippen molar-refractivity contribution in [1.29, 1.82) is 0 Å². The van der Waals surface area contributed by atoms with Crippen molar-refractivity contribution in [2.45, 2.75) is 19.9 Å². The van der Waals surface area contributed by atoms with Crippen molar-refractivity contribution in [2.75, 3.05) is 0 Å². The first-order valence-corrected chi connectivity index (χ1v) is 6.13. The maximum absolute atomic E-state index is 12.4. The highest BCUT2D eigenvalue weighted by Gasteiger charge is 2.16. The molecule has 0 bridgehead atoms. The lowest BCUT2D eigenvalue weighted by atomic mass is 10.1. The lowest BCUT2D eigenvalue weighted by Gasteiger charge is -2.09. The number of aliphatic carboxylic acids is 1. The van der Waals surface area contributed by atoms with Crippen LogP contribution >= 0.6 is 0 Å². The SMILES string of the molecule is CCn1c(CC(=O)O)ccc1C(=O)c1ccccc1. The van der Waals surface area contributed by atoms with Gasteiger partial charge in [-0.3, -0.25) is 9.59 Å². The maximum Gasteiger partial charge on any atom is 0.309 e. The number of carboxylic acids is 1. The van der Waals surface area contributed by atoms with E-state index < -0.39 is 5.97 Å². The second-order valence-corrected chi connectivity index (χ2v) is 4.22. The molecule has 4 heteroatoms. The molecule has 19 heavy (non-hydrogen) atoms. The molecule has 1 aromatic heterocycles. The highest BCUT2D eigenvalue weighted by molar-refractivity contribution is 6.08. The third kappa shape index (κ3) is 2.73. The molecule has 98 valence electrons. The van der Waals surface area contributed by atoms with Crippen LogP contribution in [0.1, 0.15) is 28.7 Å². The molecule has 1 N–H and O–H groups in total. The van der Waals surface area contributed by atoms with Gasteiger partial charge >= 0.3 is 5.97 Å². The Hall–Kier alpha value is -2.36. The van der Waals surface area contributed by atoms with E-state index >= 15 is 0 Å². The van der Waals surface area contributed by atoms with Gasteiger partial charge in [0.15, 0.2) is 0 Å². The van der Waals surface area contributed by atoms with E-state index in [1.54, 1.807) is 28.8 Å². The summed E-state index contributed by atoms with van der Waals surface area (Å²) in [6, 6.07) is 12.4. The van der Waals surface area contributed by atoms with Gasteiger partial charge in [0.2, 0.25) is 5.78 Å². The highest BCUT2D eigenvalue weighted by atomic mass is 16.4. The number of nitrogens with zero attached hydrogens (tertiary/aromatic N) is 1. The standard InChI is InChI=1S/C15H15NO3/c1-2-16-12(10-14(17)18)8-9-13(16)15(19)11-6-4-3-5-7-11/h3-9H,2,10H2,1H3,(H,17,18). The normalized spacial score (nSPS) is 10.4. The van der Waals surface area contributed by atoms with Gasteiger partial charge in [-0.05, 0) is 19.1 Å². The first kappa shape index (κ1) is 13.1. The minimum Gasteiger partial charge on any atom is -0.481 e. The molecular weight excluding hydrogens is 242 g/mol. The van der Waals surface area contributed by atoms with Crippen LogP contribution in [0.25, 0.3) is 0 Å². The zero-order valence-corrected chi connectivity index (χ0v) is 10.7. The minimum absolute atomic E-state index is 0.0735. The fourth-order valence-electron chi connectivity index (χ4n) is 2.13. The predicted octanol–water partition coefficient (Wildman–Crippen LogP) is 2.37. The number of benzene rings is 1. The number of carboxylic acid groups (broad SMARTS) is 1. The number of hydrogen-bond acceptors (Lipinski definition) is 2. The lowest BCUT2D eigenvalue weighted by molar-refractivity contribution is -0.136. The van der Waals surface area contributed by atoms with Crippen molar-refractivity contribution in [3.63, 3.8) is 0 Å².